The predicted octanol–water partition coefficient (Wildman–Crippen LogP) is 2.41. The summed E-state index contributed by atoms with van der Waals surface area (Å²) in [6.07, 6.45) is 0.747. The Morgan fingerprint density at radius 3 is 2.60 bits per heavy atom. The predicted molar refractivity (Wildman–Crippen MR) is 78.0 cm³/mol. The van der Waals surface area contributed by atoms with Crippen molar-refractivity contribution in [1.29, 1.82) is 0 Å². The number of para-hydroxylation sites is 1. The molecule has 0 fully saturated rings. The zero-order valence-electron chi connectivity index (χ0n) is 11.5. The lowest BCUT2D eigenvalue weighted by Crippen LogP contribution is -2.14. The third-order valence-electron chi connectivity index (χ3n) is 3.06. The summed E-state index contributed by atoms with van der Waals surface area (Å²) in [5.41, 5.74) is 6.99. The van der Waals surface area contributed by atoms with Crippen molar-refractivity contribution < 1.29 is 12.8 Å². The van der Waals surface area contributed by atoms with Crippen molar-refractivity contribution in [2.45, 2.75) is 31.7 Å². The summed E-state index contributed by atoms with van der Waals surface area (Å²) < 4.78 is 32.7. The average molecular weight is 294 g/mol. The van der Waals surface area contributed by atoms with Gasteiger partial charge in [0.25, 0.3) is 10.0 Å². The highest BCUT2D eigenvalue weighted by atomic mass is 32.2. The smallest absolute Gasteiger partial charge is 0.265 e. The zero-order valence-corrected chi connectivity index (χ0v) is 12.3. The normalized spacial score (nSPS) is 11.6. The van der Waals surface area contributed by atoms with Crippen LogP contribution in [0.5, 0.6) is 0 Å². The molecule has 0 unspecified atom stereocenters. The Bertz CT molecular complexity index is 705. The Kier molecular flexibility index (Phi) is 4.15. The number of hydrogen-bond donors (Lipinski definition) is 2. The molecule has 0 saturated heterocycles. The van der Waals surface area contributed by atoms with Crippen molar-refractivity contribution in [3.05, 3.63) is 47.4 Å². The Hall–Kier alpha value is -1.79. The number of benzene rings is 1. The summed E-state index contributed by atoms with van der Waals surface area (Å²) in [6.45, 7) is 3.75. The van der Waals surface area contributed by atoms with Gasteiger partial charge in [-0.05, 0) is 25.0 Å². The Morgan fingerprint density at radius 2 is 2.00 bits per heavy atom. The SMILES string of the molecule is CCc1ccccc1NS(=O)(=O)c1cc(CN)oc1C. The molecular weight excluding hydrogens is 276 g/mol. The van der Waals surface area contributed by atoms with Crippen LogP contribution >= 0.6 is 0 Å². The molecule has 1 aromatic carbocycles. The van der Waals surface area contributed by atoms with Gasteiger partial charge in [0.15, 0.2) is 0 Å². The van der Waals surface area contributed by atoms with Gasteiger partial charge in [-0.1, -0.05) is 25.1 Å². The number of anilines is 1. The Morgan fingerprint density at radius 1 is 1.30 bits per heavy atom. The van der Waals surface area contributed by atoms with Crippen LogP contribution in [0.3, 0.4) is 0 Å². The summed E-state index contributed by atoms with van der Waals surface area (Å²) in [7, 11) is -3.67. The number of rotatable bonds is 5. The molecule has 0 spiro atoms. The Labute approximate surface area is 118 Å². The fourth-order valence-corrected chi connectivity index (χ4v) is 3.32. The lowest BCUT2D eigenvalue weighted by Gasteiger charge is -2.10. The van der Waals surface area contributed by atoms with E-state index >= 15 is 0 Å². The van der Waals surface area contributed by atoms with Crippen molar-refractivity contribution in [3.63, 3.8) is 0 Å². The standard InChI is InChI=1S/C14H18N2O3S/c1-3-11-6-4-5-7-13(11)16-20(17,18)14-8-12(9-15)19-10(14)2/h4-8,16H,3,9,15H2,1-2H3. The number of sulfonamides is 1. The topological polar surface area (TPSA) is 85.3 Å². The number of nitrogens with one attached hydrogen (secondary N) is 1. The van der Waals surface area contributed by atoms with Gasteiger partial charge in [0.05, 0.1) is 12.2 Å². The van der Waals surface area contributed by atoms with Gasteiger partial charge in [0.2, 0.25) is 0 Å². The highest BCUT2D eigenvalue weighted by Gasteiger charge is 2.21. The molecule has 0 amide bonds. The molecule has 0 aliphatic rings. The zero-order chi connectivity index (χ0) is 14.8. The monoisotopic (exact) mass is 294 g/mol. The lowest BCUT2D eigenvalue weighted by atomic mass is 10.1. The molecule has 108 valence electrons. The van der Waals surface area contributed by atoms with Crippen LogP contribution in [0.25, 0.3) is 0 Å². The van der Waals surface area contributed by atoms with E-state index in [4.69, 9.17) is 10.2 Å². The summed E-state index contributed by atoms with van der Waals surface area (Å²) in [5, 5.41) is 0. The summed E-state index contributed by atoms with van der Waals surface area (Å²) >= 11 is 0. The molecule has 1 heterocycles. The third kappa shape index (κ3) is 2.86. The van der Waals surface area contributed by atoms with E-state index in [1.165, 1.54) is 6.07 Å². The number of nitrogens with two attached hydrogens (primary N) is 1. The van der Waals surface area contributed by atoms with Crippen LogP contribution < -0.4 is 10.5 Å². The van der Waals surface area contributed by atoms with Gasteiger partial charge in [-0.25, -0.2) is 8.42 Å². The first kappa shape index (κ1) is 14.6. The van der Waals surface area contributed by atoms with Gasteiger partial charge >= 0.3 is 0 Å². The summed E-state index contributed by atoms with van der Waals surface area (Å²) in [6, 6.07) is 8.78. The van der Waals surface area contributed by atoms with Gasteiger partial charge in [-0.2, -0.15) is 0 Å². The van der Waals surface area contributed by atoms with Gasteiger partial charge in [0, 0.05) is 6.07 Å². The van der Waals surface area contributed by atoms with Crippen LogP contribution in [-0.4, -0.2) is 8.42 Å². The largest absolute Gasteiger partial charge is 0.464 e. The molecule has 2 aromatic rings. The molecule has 20 heavy (non-hydrogen) atoms. The first-order chi connectivity index (χ1) is 9.47. The minimum Gasteiger partial charge on any atom is -0.464 e. The van der Waals surface area contributed by atoms with Crippen molar-refractivity contribution >= 4 is 15.7 Å². The van der Waals surface area contributed by atoms with Crippen molar-refractivity contribution in [3.8, 4) is 0 Å². The maximum absolute atomic E-state index is 12.4. The summed E-state index contributed by atoms with van der Waals surface area (Å²) in [5.74, 6) is 0.790. The Balaban J connectivity index is 2.38. The second kappa shape index (κ2) is 5.68. The van der Waals surface area contributed by atoms with Gasteiger partial charge in [-0.3, -0.25) is 4.72 Å². The third-order valence-corrected chi connectivity index (χ3v) is 4.53. The van der Waals surface area contributed by atoms with E-state index in [-0.39, 0.29) is 11.4 Å². The molecule has 0 atom stereocenters. The molecule has 0 saturated carbocycles. The van der Waals surface area contributed by atoms with Crippen LogP contribution in [0, 0.1) is 6.92 Å². The van der Waals surface area contributed by atoms with Crippen molar-refractivity contribution in [1.82, 2.24) is 0 Å². The van der Waals surface area contributed by atoms with E-state index in [9.17, 15) is 8.42 Å². The average Bonchev–Trinajstić information content (AvgIpc) is 2.81. The molecule has 0 aliphatic heterocycles. The molecule has 2 rings (SSSR count). The molecular formula is C14H18N2O3S. The molecule has 5 nitrogen and oxygen atoms in total. The van der Waals surface area contributed by atoms with E-state index < -0.39 is 10.0 Å². The minimum absolute atomic E-state index is 0.129. The maximum Gasteiger partial charge on any atom is 0.265 e. The van der Waals surface area contributed by atoms with Crippen molar-refractivity contribution in [2.75, 3.05) is 4.72 Å². The maximum atomic E-state index is 12.4. The molecule has 0 aliphatic carbocycles. The van der Waals surface area contributed by atoms with Crippen LogP contribution in [-0.2, 0) is 23.0 Å². The van der Waals surface area contributed by atoms with Gasteiger partial charge in [0.1, 0.15) is 16.4 Å². The molecule has 3 N–H and O–H groups in total. The van der Waals surface area contributed by atoms with Gasteiger partial charge in [-0.15, -0.1) is 0 Å². The number of aryl methyl sites for hydroxylation is 2. The number of furan rings is 1. The minimum atomic E-state index is -3.67. The fourth-order valence-electron chi connectivity index (χ4n) is 2.02. The molecule has 0 bridgehead atoms. The van der Waals surface area contributed by atoms with E-state index in [2.05, 4.69) is 4.72 Å². The van der Waals surface area contributed by atoms with E-state index in [1.807, 2.05) is 19.1 Å². The fraction of sp³-hybridized carbons (Fsp3) is 0.286. The second-order valence-electron chi connectivity index (χ2n) is 4.45. The number of hydrogen-bond acceptors (Lipinski definition) is 4. The first-order valence-corrected chi connectivity index (χ1v) is 7.86. The van der Waals surface area contributed by atoms with E-state index in [0.29, 0.717) is 17.2 Å². The lowest BCUT2D eigenvalue weighted by molar-refractivity contribution is 0.479. The van der Waals surface area contributed by atoms with Crippen LogP contribution in [0.4, 0.5) is 5.69 Å². The van der Waals surface area contributed by atoms with Crippen LogP contribution in [0.2, 0.25) is 0 Å². The van der Waals surface area contributed by atoms with Crippen LogP contribution in [0.15, 0.2) is 39.6 Å². The summed E-state index contributed by atoms with van der Waals surface area (Å²) in [4.78, 5) is 0.129. The highest BCUT2D eigenvalue weighted by molar-refractivity contribution is 7.92. The van der Waals surface area contributed by atoms with Crippen molar-refractivity contribution in [2.24, 2.45) is 5.73 Å². The van der Waals surface area contributed by atoms with E-state index in [1.54, 1.807) is 19.1 Å². The van der Waals surface area contributed by atoms with Gasteiger partial charge < -0.3 is 10.2 Å². The quantitative estimate of drug-likeness (QED) is 0.886. The van der Waals surface area contributed by atoms with E-state index in [0.717, 1.165) is 12.0 Å². The van der Waals surface area contributed by atoms with Crippen LogP contribution in [0.1, 0.15) is 24.0 Å². The highest BCUT2D eigenvalue weighted by Crippen LogP contribution is 2.24. The molecule has 0 radical (unpaired) electrons. The second-order valence-corrected chi connectivity index (χ2v) is 6.10. The first-order valence-electron chi connectivity index (χ1n) is 6.38. The molecule has 6 heteroatoms. The molecule has 1 aromatic heterocycles.